The summed E-state index contributed by atoms with van der Waals surface area (Å²) >= 11 is 0. The summed E-state index contributed by atoms with van der Waals surface area (Å²) in [5, 5.41) is 3.39. The number of nitrogens with one attached hydrogen (secondary N) is 1. The van der Waals surface area contributed by atoms with Crippen molar-refractivity contribution in [1.82, 2.24) is 5.32 Å². The van der Waals surface area contributed by atoms with Crippen LogP contribution in [0.5, 0.6) is 0 Å². The van der Waals surface area contributed by atoms with E-state index in [0.717, 1.165) is 19.4 Å². The van der Waals surface area contributed by atoms with Gasteiger partial charge < -0.3 is 5.32 Å². The zero-order chi connectivity index (χ0) is 8.81. The second-order valence-electron chi connectivity index (χ2n) is 3.46. The molecule has 0 aromatic heterocycles. The molecule has 0 aromatic rings. The van der Waals surface area contributed by atoms with Crippen LogP contribution >= 0.6 is 0 Å². The molecule has 1 aliphatic rings. The zero-order valence-corrected chi connectivity index (χ0v) is 8.01. The van der Waals surface area contributed by atoms with Gasteiger partial charge in [0.15, 0.2) is 0 Å². The molecule has 1 rings (SSSR count). The van der Waals surface area contributed by atoms with Crippen molar-refractivity contribution in [1.29, 1.82) is 0 Å². The van der Waals surface area contributed by atoms with Gasteiger partial charge in [0.05, 0.1) is 0 Å². The maximum atomic E-state index is 4.26. The van der Waals surface area contributed by atoms with Crippen molar-refractivity contribution in [3.63, 3.8) is 0 Å². The molecule has 68 valence electrons. The van der Waals surface area contributed by atoms with E-state index in [1.54, 1.807) is 0 Å². The molecule has 0 saturated heterocycles. The molecule has 1 heterocycles. The summed E-state index contributed by atoms with van der Waals surface area (Å²) in [7, 11) is 0. The first-order valence-corrected chi connectivity index (χ1v) is 4.74. The Morgan fingerprint density at radius 3 is 3.00 bits per heavy atom. The fraction of sp³-hybridized carbons (Fsp3) is 0.700. The van der Waals surface area contributed by atoms with Crippen LogP contribution in [0.3, 0.4) is 0 Å². The number of rotatable bonds is 5. The van der Waals surface area contributed by atoms with Crippen molar-refractivity contribution in [2.75, 3.05) is 6.54 Å². The van der Waals surface area contributed by atoms with Gasteiger partial charge in [-0.15, -0.1) is 0 Å². The smallest absolute Gasteiger partial charge is 0.0364 e. The van der Waals surface area contributed by atoms with E-state index in [1.165, 1.54) is 12.1 Å². The van der Waals surface area contributed by atoms with Crippen molar-refractivity contribution in [3.8, 4) is 0 Å². The predicted octanol–water partition coefficient (Wildman–Crippen LogP) is 2.12. The maximum Gasteiger partial charge on any atom is 0.0364 e. The molecule has 0 aliphatic carbocycles. The molecule has 2 nitrogen and oxygen atoms in total. The summed E-state index contributed by atoms with van der Waals surface area (Å²) in [5.41, 5.74) is 1.26. The van der Waals surface area contributed by atoms with Crippen molar-refractivity contribution in [2.24, 2.45) is 4.99 Å². The minimum absolute atomic E-state index is 0.603. The zero-order valence-electron chi connectivity index (χ0n) is 8.01. The molecule has 0 aromatic carbocycles. The number of hydrogen-bond donors (Lipinski definition) is 1. The van der Waals surface area contributed by atoms with E-state index in [-0.39, 0.29) is 0 Å². The van der Waals surface area contributed by atoms with Crippen molar-refractivity contribution < 1.29 is 0 Å². The van der Waals surface area contributed by atoms with Gasteiger partial charge in [0, 0.05) is 24.4 Å². The Hall–Kier alpha value is -0.630. The van der Waals surface area contributed by atoms with Crippen LogP contribution < -0.4 is 5.32 Å². The SMILES string of the molecule is CC(C)NCCCC1=CCC=N1. The molecule has 1 aliphatic heterocycles. The maximum absolute atomic E-state index is 4.26. The average Bonchev–Trinajstić information content (AvgIpc) is 2.49. The van der Waals surface area contributed by atoms with Gasteiger partial charge in [0.1, 0.15) is 0 Å². The third-order valence-corrected chi connectivity index (χ3v) is 1.88. The topological polar surface area (TPSA) is 24.4 Å². The quantitative estimate of drug-likeness (QED) is 0.622. The van der Waals surface area contributed by atoms with Gasteiger partial charge >= 0.3 is 0 Å². The number of allylic oxidation sites excluding steroid dienone is 2. The van der Waals surface area contributed by atoms with Crippen LogP contribution in [0.15, 0.2) is 16.8 Å². The Bertz CT molecular complexity index is 180. The molecule has 0 unspecified atom stereocenters. The van der Waals surface area contributed by atoms with E-state index < -0.39 is 0 Å². The Balaban J connectivity index is 1.99. The van der Waals surface area contributed by atoms with E-state index in [1.807, 2.05) is 6.21 Å². The highest BCUT2D eigenvalue weighted by atomic mass is 14.9. The van der Waals surface area contributed by atoms with Gasteiger partial charge in [-0.1, -0.05) is 19.9 Å². The summed E-state index contributed by atoms with van der Waals surface area (Å²) in [6.07, 6.45) is 7.53. The second kappa shape index (κ2) is 5.09. The van der Waals surface area contributed by atoms with E-state index >= 15 is 0 Å². The lowest BCUT2D eigenvalue weighted by atomic mass is 10.2. The summed E-state index contributed by atoms with van der Waals surface area (Å²) in [4.78, 5) is 4.26. The van der Waals surface area contributed by atoms with Gasteiger partial charge in [-0.25, -0.2) is 0 Å². The molecule has 0 fully saturated rings. The largest absolute Gasteiger partial charge is 0.315 e. The van der Waals surface area contributed by atoms with E-state index in [2.05, 4.69) is 30.2 Å². The van der Waals surface area contributed by atoms with Crippen LogP contribution in [0.2, 0.25) is 0 Å². The van der Waals surface area contributed by atoms with E-state index in [0.29, 0.717) is 6.04 Å². The molecule has 0 spiro atoms. The Morgan fingerprint density at radius 1 is 1.58 bits per heavy atom. The lowest BCUT2D eigenvalue weighted by Crippen LogP contribution is -2.23. The first-order chi connectivity index (χ1) is 5.79. The Labute approximate surface area is 74.8 Å². The minimum atomic E-state index is 0.603. The highest BCUT2D eigenvalue weighted by Crippen LogP contribution is 2.11. The summed E-state index contributed by atoms with van der Waals surface area (Å²) in [6.45, 7) is 5.45. The van der Waals surface area contributed by atoms with Crippen LogP contribution in [0.25, 0.3) is 0 Å². The highest BCUT2D eigenvalue weighted by molar-refractivity contribution is 5.64. The molecular formula is C10H18N2. The van der Waals surface area contributed by atoms with Gasteiger partial charge in [0.25, 0.3) is 0 Å². The van der Waals surface area contributed by atoms with Crippen molar-refractivity contribution in [3.05, 3.63) is 11.8 Å². The molecule has 0 amide bonds. The van der Waals surface area contributed by atoms with Gasteiger partial charge in [-0.3, -0.25) is 4.99 Å². The first-order valence-electron chi connectivity index (χ1n) is 4.74. The monoisotopic (exact) mass is 166 g/mol. The van der Waals surface area contributed by atoms with Crippen molar-refractivity contribution >= 4 is 6.21 Å². The second-order valence-corrected chi connectivity index (χ2v) is 3.46. The molecule has 0 bridgehead atoms. The Morgan fingerprint density at radius 2 is 2.42 bits per heavy atom. The minimum Gasteiger partial charge on any atom is -0.315 e. The highest BCUT2D eigenvalue weighted by Gasteiger charge is 1.98. The molecule has 0 radical (unpaired) electrons. The van der Waals surface area contributed by atoms with Gasteiger partial charge in [0.2, 0.25) is 0 Å². The lowest BCUT2D eigenvalue weighted by molar-refractivity contribution is 0.569. The number of hydrogen-bond acceptors (Lipinski definition) is 2. The van der Waals surface area contributed by atoms with Crippen LogP contribution in [0.4, 0.5) is 0 Å². The van der Waals surface area contributed by atoms with E-state index in [4.69, 9.17) is 0 Å². The number of aliphatic imine (C=N–C) groups is 1. The molecule has 0 saturated carbocycles. The van der Waals surface area contributed by atoms with Crippen LogP contribution in [0, 0.1) is 0 Å². The molecule has 2 heteroatoms. The van der Waals surface area contributed by atoms with Gasteiger partial charge in [-0.2, -0.15) is 0 Å². The normalized spacial score (nSPS) is 15.8. The van der Waals surface area contributed by atoms with Crippen molar-refractivity contribution in [2.45, 2.75) is 39.2 Å². The fourth-order valence-electron chi connectivity index (χ4n) is 1.24. The van der Waals surface area contributed by atoms with Crippen LogP contribution in [0.1, 0.15) is 33.1 Å². The van der Waals surface area contributed by atoms with Gasteiger partial charge in [-0.05, 0) is 19.4 Å². The third-order valence-electron chi connectivity index (χ3n) is 1.88. The Kier molecular flexibility index (Phi) is 4.01. The standard InChI is InChI=1S/C10H18N2/c1-9(2)11-7-3-5-10-6-4-8-12-10/h6,8-9,11H,3-5,7H2,1-2H3. The molecule has 1 N–H and O–H groups in total. The summed E-state index contributed by atoms with van der Waals surface area (Å²) in [5.74, 6) is 0. The lowest BCUT2D eigenvalue weighted by Gasteiger charge is -2.06. The predicted molar refractivity (Wildman–Crippen MR) is 53.6 cm³/mol. The molecule has 12 heavy (non-hydrogen) atoms. The molecular weight excluding hydrogens is 148 g/mol. The van der Waals surface area contributed by atoms with E-state index in [9.17, 15) is 0 Å². The fourth-order valence-corrected chi connectivity index (χ4v) is 1.24. The number of nitrogens with zero attached hydrogens (tertiary/aromatic N) is 1. The molecule has 0 atom stereocenters. The average molecular weight is 166 g/mol. The first kappa shape index (κ1) is 9.46. The summed E-state index contributed by atoms with van der Waals surface area (Å²) < 4.78 is 0. The van der Waals surface area contributed by atoms with Crippen LogP contribution in [-0.4, -0.2) is 18.8 Å². The van der Waals surface area contributed by atoms with Crippen LogP contribution in [-0.2, 0) is 0 Å². The third kappa shape index (κ3) is 3.67. The summed E-state index contributed by atoms with van der Waals surface area (Å²) in [6, 6.07) is 0.603.